The number of aryl methyl sites for hydroxylation is 1. The van der Waals surface area contributed by atoms with Crippen LogP contribution in [0.3, 0.4) is 0 Å². The third kappa shape index (κ3) is 5.02. The highest BCUT2D eigenvalue weighted by atomic mass is 32.1. The lowest BCUT2D eigenvalue weighted by Gasteiger charge is -2.28. The van der Waals surface area contributed by atoms with Crippen molar-refractivity contribution >= 4 is 28.2 Å². The van der Waals surface area contributed by atoms with Crippen molar-refractivity contribution in [2.75, 3.05) is 18.4 Å². The van der Waals surface area contributed by atoms with Gasteiger partial charge in [-0.1, -0.05) is 54.6 Å². The zero-order chi connectivity index (χ0) is 22.6. The maximum Gasteiger partial charge on any atom is 0.254 e. The molecule has 1 aromatic heterocycles. The van der Waals surface area contributed by atoms with Crippen LogP contribution in [0.4, 0.5) is 5.00 Å². The maximum absolute atomic E-state index is 13.2. The molecule has 2 N–H and O–H groups in total. The molecule has 5 nitrogen and oxygen atoms in total. The number of amides is 2. The smallest absolute Gasteiger partial charge is 0.254 e. The van der Waals surface area contributed by atoms with Crippen LogP contribution in [-0.2, 0) is 37.1 Å². The van der Waals surface area contributed by atoms with Gasteiger partial charge >= 0.3 is 0 Å². The Morgan fingerprint density at radius 2 is 1.67 bits per heavy atom. The van der Waals surface area contributed by atoms with E-state index in [1.165, 1.54) is 16.0 Å². The van der Waals surface area contributed by atoms with Crippen LogP contribution < -0.4 is 10.6 Å². The Bertz CT molecular complexity index is 1160. The molecule has 170 valence electrons. The van der Waals surface area contributed by atoms with E-state index in [1.54, 1.807) is 11.3 Å². The van der Waals surface area contributed by atoms with Crippen molar-refractivity contribution in [3.8, 4) is 0 Å². The van der Waals surface area contributed by atoms with Gasteiger partial charge < -0.3 is 10.6 Å². The summed E-state index contributed by atoms with van der Waals surface area (Å²) in [7, 11) is 0. The van der Waals surface area contributed by atoms with E-state index in [-0.39, 0.29) is 11.8 Å². The van der Waals surface area contributed by atoms with Gasteiger partial charge in [-0.25, -0.2) is 0 Å². The van der Waals surface area contributed by atoms with Gasteiger partial charge in [-0.3, -0.25) is 14.5 Å². The Morgan fingerprint density at radius 3 is 2.52 bits per heavy atom. The summed E-state index contributed by atoms with van der Waals surface area (Å²) in [5.74, 6) is -0.148. The van der Waals surface area contributed by atoms with Crippen molar-refractivity contribution in [3.05, 3.63) is 87.3 Å². The van der Waals surface area contributed by atoms with Crippen LogP contribution in [-0.4, -0.2) is 29.8 Å². The molecule has 0 unspecified atom stereocenters. The van der Waals surface area contributed by atoms with Crippen LogP contribution in [0.25, 0.3) is 0 Å². The molecule has 0 saturated carbocycles. The zero-order valence-electron chi connectivity index (χ0n) is 18.7. The first kappa shape index (κ1) is 21.9. The van der Waals surface area contributed by atoms with Crippen molar-refractivity contribution < 1.29 is 9.59 Å². The first-order chi connectivity index (χ1) is 16.2. The number of rotatable bonds is 6. The van der Waals surface area contributed by atoms with E-state index in [1.807, 2.05) is 30.3 Å². The van der Waals surface area contributed by atoms with Crippen molar-refractivity contribution in [2.24, 2.45) is 0 Å². The number of hydrogen-bond acceptors (Lipinski definition) is 4. The lowest BCUT2D eigenvalue weighted by molar-refractivity contribution is -0.117. The Hall–Kier alpha value is -2.96. The maximum atomic E-state index is 13.2. The summed E-state index contributed by atoms with van der Waals surface area (Å²) >= 11 is 1.58. The van der Waals surface area contributed by atoms with E-state index in [9.17, 15) is 9.59 Å². The second-order valence-electron chi connectivity index (χ2n) is 8.86. The van der Waals surface area contributed by atoms with Crippen LogP contribution >= 0.6 is 11.3 Å². The van der Waals surface area contributed by atoms with Crippen LogP contribution in [0.1, 0.15) is 50.3 Å². The lowest BCUT2D eigenvalue weighted by atomic mass is 9.95. The molecule has 5 rings (SSSR count). The van der Waals surface area contributed by atoms with Crippen molar-refractivity contribution in [1.82, 2.24) is 10.2 Å². The van der Waals surface area contributed by atoms with E-state index >= 15 is 0 Å². The summed E-state index contributed by atoms with van der Waals surface area (Å²) < 4.78 is 0. The predicted molar refractivity (Wildman–Crippen MR) is 133 cm³/mol. The van der Waals surface area contributed by atoms with Gasteiger partial charge in [-0.15, -0.1) is 11.3 Å². The number of nitrogens with zero attached hydrogens (tertiary/aromatic N) is 1. The summed E-state index contributed by atoms with van der Waals surface area (Å²) in [6, 6.07) is 18.4. The molecule has 0 atom stereocenters. The molecule has 2 amide bonds. The minimum Gasteiger partial charge on any atom is -0.348 e. The van der Waals surface area contributed by atoms with Crippen molar-refractivity contribution in [1.29, 1.82) is 0 Å². The quantitative estimate of drug-likeness (QED) is 0.568. The number of carbonyl (C=O) groups is 2. The minimum atomic E-state index is -0.0968. The Morgan fingerprint density at radius 1 is 0.909 bits per heavy atom. The van der Waals surface area contributed by atoms with Gasteiger partial charge in [0.05, 0.1) is 12.1 Å². The van der Waals surface area contributed by atoms with Gasteiger partial charge in [0.15, 0.2) is 0 Å². The third-order valence-electron chi connectivity index (χ3n) is 6.52. The molecule has 0 fully saturated rings. The number of benzene rings is 2. The Kier molecular flexibility index (Phi) is 6.55. The van der Waals surface area contributed by atoms with E-state index in [2.05, 4.69) is 39.8 Å². The van der Waals surface area contributed by atoms with Gasteiger partial charge in [0.25, 0.3) is 5.91 Å². The van der Waals surface area contributed by atoms with Crippen molar-refractivity contribution in [2.45, 2.75) is 45.2 Å². The Balaban J connectivity index is 1.29. The fourth-order valence-electron chi connectivity index (χ4n) is 4.82. The summed E-state index contributed by atoms with van der Waals surface area (Å²) in [4.78, 5) is 29.6. The number of fused-ring (bicyclic) bond motifs is 2. The van der Waals surface area contributed by atoms with Gasteiger partial charge in [0, 0.05) is 24.5 Å². The number of nitrogens with one attached hydrogen (secondary N) is 2. The molecule has 0 saturated heterocycles. The highest BCUT2D eigenvalue weighted by molar-refractivity contribution is 7.17. The van der Waals surface area contributed by atoms with E-state index in [4.69, 9.17) is 0 Å². The van der Waals surface area contributed by atoms with Gasteiger partial charge in [0.1, 0.15) is 5.00 Å². The molecule has 6 heteroatoms. The zero-order valence-corrected chi connectivity index (χ0v) is 19.5. The average Bonchev–Trinajstić information content (AvgIpc) is 3.20. The SMILES string of the molecule is O=C(CN1CCc2ccccc2C1)Nc1sc2c(c1C(=O)NCc1ccccc1)CCCC2. The second kappa shape index (κ2) is 9.89. The molecule has 1 aliphatic carbocycles. The van der Waals surface area contributed by atoms with Crippen LogP contribution in [0.15, 0.2) is 54.6 Å². The summed E-state index contributed by atoms with van der Waals surface area (Å²) in [6.45, 7) is 2.47. The molecule has 0 radical (unpaired) electrons. The fraction of sp³-hybridized carbons (Fsp3) is 0.333. The standard InChI is InChI=1S/C27H29N3O2S/c31-24(18-30-15-14-20-10-4-5-11-21(20)17-30)29-27-25(22-12-6-7-13-23(22)33-27)26(32)28-16-19-8-2-1-3-9-19/h1-5,8-11H,6-7,12-18H2,(H,28,32)(H,29,31). The monoisotopic (exact) mass is 459 g/mol. The summed E-state index contributed by atoms with van der Waals surface area (Å²) in [5, 5.41) is 6.86. The largest absolute Gasteiger partial charge is 0.348 e. The molecule has 0 spiro atoms. The van der Waals surface area contributed by atoms with E-state index in [0.717, 1.165) is 56.3 Å². The molecule has 33 heavy (non-hydrogen) atoms. The number of hydrogen-bond donors (Lipinski definition) is 2. The van der Waals surface area contributed by atoms with E-state index in [0.29, 0.717) is 23.7 Å². The normalized spacial score (nSPS) is 15.4. The third-order valence-corrected chi connectivity index (χ3v) is 7.73. The highest BCUT2D eigenvalue weighted by Crippen LogP contribution is 2.38. The Labute approximate surface area is 198 Å². The predicted octanol–water partition coefficient (Wildman–Crippen LogP) is 4.55. The van der Waals surface area contributed by atoms with Crippen LogP contribution in [0, 0.1) is 0 Å². The lowest BCUT2D eigenvalue weighted by Crippen LogP contribution is -2.37. The second-order valence-corrected chi connectivity index (χ2v) is 9.97. The molecule has 2 aromatic carbocycles. The minimum absolute atomic E-state index is 0.0508. The first-order valence-electron chi connectivity index (χ1n) is 11.7. The average molecular weight is 460 g/mol. The van der Waals surface area contributed by atoms with Crippen LogP contribution in [0.2, 0.25) is 0 Å². The molecular formula is C27H29N3O2S. The molecule has 1 aliphatic heterocycles. The molecular weight excluding hydrogens is 430 g/mol. The fourth-order valence-corrected chi connectivity index (χ4v) is 6.12. The van der Waals surface area contributed by atoms with Crippen LogP contribution in [0.5, 0.6) is 0 Å². The topological polar surface area (TPSA) is 61.4 Å². The summed E-state index contributed by atoms with van der Waals surface area (Å²) in [5.41, 5.74) is 5.52. The summed E-state index contributed by atoms with van der Waals surface area (Å²) in [6.07, 6.45) is 5.07. The molecule has 0 bridgehead atoms. The number of thiophene rings is 1. The molecule has 2 aliphatic rings. The van der Waals surface area contributed by atoms with Gasteiger partial charge in [-0.2, -0.15) is 0 Å². The highest BCUT2D eigenvalue weighted by Gasteiger charge is 2.27. The van der Waals surface area contributed by atoms with E-state index < -0.39 is 0 Å². The molecule has 3 aromatic rings. The number of anilines is 1. The van der Waals surface area contributed by atoms with Gasteiger partial charge in [-0.05, 0) is 54.4 Å². The first-order valence-corrected chi connectivity index (χ1v) is 12.5. The molecule has 2 heterocycles. The van der Waals surface area contributed by atoms with Gasteiger partial charge in [0.2, 0.25) is 5.91 Å². The number of carbonyl (C=O) groups excluding carboxylic acids is 2. The van der Waals surface area contributed by atoms with Crippen molar-refractivity contribution in [3.63, 3.8) is 0 Å².